The average Bonchev–Trinajstić information content (AvgIpc) is 2.83. The second kappa shape index (κ2) is 5.74. The number of benzene rings is 1. The fourth-order valence-corrected chi connectivity index (χ4v) is 2.09. The molecule has 0 atom stereocenters. The van der Waals surface area contributed by atoms with Gasteiger partial charge >= 0.3 is 5.97 Å². The maximum absolute atomic E-state index is 11.3. The van der Waals surface area contributed by atoms with Gasteiger partial charge in [0.1, 0.15) is 11.3 Å². The van der Waals surface area contributed by atoms with E-state index in [2.05, 4.69) is 5.10 Å². The first-order valence-electron chi connectivity index (χ1n) is 6.50. The van der Waals surface area contributed by atoms with E-state index in [0.29, 0.717) is 17.7 Å². The van der Waals surface area contributed by atoms with E-state index in [-0.39, 0.29) is 16.9 Å². The van der Waals surface area contributed by atoms with Gasteiger partial charge in [0.05, 0.1) is 4.92 Å². The second-order valence-electron chi connectivity index (χ2n) is 4.72. The first kappa shape index (κ1) is 14.7. The van der Waals surface area contributed by atoms with Crippen molar-refractivity contribution < 1.29 is 14.8 Å². The highest BCUT2D eigenvalue weighted by atomic mass is 16.6. The molecule has 0 aliphatic carbocycles. The Morgan fingerprint density at radius 3 is 2.76 bits per heavy atom. The summed E-state index contributed by atoms with van der Waals surface area (Å²) in [6.45, 7) is 4.18. The highest BCUT2D eigenvalue weighted by Gasteiger charge is 2.20. The van der Waals surface area contributed by atoms with Crippen LogP contribution in [0, 0.1) is 17.0 Å². The Morgan fingerprint density at radius 2 is 2.19 bits per heavy atom. The van der Waals surface area contributed by atoms with E-state index in [0.717, 1.165) is 6.42 Å². The first-order valence-corrected chi connectivity index (χ1v) is 6.50. The molecule has 0 aliphatic rings. The molecule has 2 aromatic rings. The molecular formula is C14H15N3O4. The molecule has 7 heteroatoms. The maximum Gasteiger partial charge on any atom is 0.339 e. The Hall–Kier alpha value is -2.70. The molecule has 110 valence electrons. The van der Waals surface area contributed by atoms with Crippen LogP contribution in [0.4, 0.5) is 5.69 Å². The third-order valence-electron chi connectivity index (χ3n) is 3.12. The quantitative estimate of drug-likeness (QED) is 0.674. The lowest BCUT2D eigenvalue weighted by Gasteiger charge is -2.02. The van der Waals surface area contributed by atoms with Gasteiger partial charge in [-0.3, -0.25) is 14.8 Å². The van der Waals surface area contributed by atoms with Crippen LogP contribution in [0.15, 0.2) is 24.4 Å². The molecule has 1 aromatic carbocycles. The molecule has 0 aliphatic heterocycles. The summed E-state index contributed by atoms with van der Waals surface area (Å²) in [5.41, 5.74) is 1.20. The van der Waals surface area contributed by atoms with Crippen molar-refractivity contribution in [3.63, 3.8) is 0 Å². The van der Waals surface area contributed by atoms with Crippen molar-refractivity contribution in [2.45, 2.75) is 26.8 Å². The van der Waals surface area contributed by atoms with Gasteiger partial charge in [0.15, 0.2) is 0 Å². The number of carboxylic acid groups (broad SMARTS) is 1. The summed E-state index contributed by atoms with van der Waals surface area (Å²) in [6, 6.07) is 4.60. The Kier molecular flexibility index (Phi) is 4.02. The zero-order valence-electron chi connectivity index (χ0n) is 11.7. The van der Waals surface area contributed by atoms with Crippen LogP contribution in [0.2, 0.25) is 0 Å². The van der Waals surface area contributed by atoms with Crippen LogP contribution >= 0.6 is 0 Å². The van der Waals surface area contributed by atoms with E-state index in [1.54, 1.807) is 23.7 Å². The highest BCUT2D eigenvalue weighted by Crippen LogP contribution is 2.28. The number of carboxylic acids is 1. The monoisotopic (exact) mass is 289 g/mol. The van der Waals surface area contributed by atoms with Crippen LogP contribution in [0.5, 0.6) is 0 Å². The molecule has 0 unspecified atom stereocenters. The molecule has 1 heterocycles. The smallest absolute Gasteiger partial charge is 0.339 e. The van der Waals surface area contributed by atoms with Gasteiger partial charge in [0.2, 0.25) is 0 Å². The molecular weight excluding hydrogens is 274 g/mol. The summed E-state index contributed by atoms with van der Waals surface area (Å²) in [7, 11) is 0. The zero-order chi connectivity index (χ0) is 15.6. The molecule has 0 amide bonds. The molecule has 0 bridgehead atoms. The van der Waals surface area contributed by atoms with Gasteiger partial charge in [-0.1, -0.05) is 19.1 Å². The van der Waals surface area contributed by atoms with Crippen molar-refractivity contribution in [3.8, 4) is 11.3 Å². The minimum atomic E-state index is -1.10. The van der Waals surface area contributed by atoms with Crippen LogP contribution < -0.4 is 0 Å². The van der Waals surface area contributed by atoms with E-state index in [1.807, 2.05) is 6.92 Å². The summed E-state index contributed by atoms with van der Waals surface area (Å²) < 4.78 is 1.55. The van der Waals surface area contributed by atoms with Crippen LogP contribution in [-0.4, -0.2) is 25.8 Å². The van der Waals surface area contributed by atoms with E-state index < -0.39 is 10.9 Å². The Morgan fingerprint density at radius 1 is 1.48 bits per heavy atom. The first-order chi connectivity index (χ1) is 9.93. The molecule has 0 saturated carbocycles. The number of aromatic carboxylic acids is 1. The van der Waals surface area contributed by atoms with E-state index in [4.69, 9.17) is 0 Å². The molecule has 2 rings (SSSR count). The normalized spacial score (nSPS) is 10.6. The molecule has 0 spiro atoms. The van der Waals surface area contributed by atoms with Gasteiger partial charge < -0.3 is 5.11 Å². The van der Waals surface area contributed by atoms with E-state index in [9.17, 15) is 20.0 Å². The standard InChI is InChI=1S/C14H15N3O4/c1-3-6-16-8-11(14(18)19)13(15-16)10-5-4-9(2)12(7-10)17(20)21/h4-5,7-8H,3,6H2,1-2H3,(H,18,19). The number of nitrogens with zero attached hydrogens (tertiary/aromatic N) is 3. The molecule has 7 nitrogen and oxygen atoms in total. The van der Waals surface area contributed by atoms with Crippen molar-refractivity contribution in [2.24, 2.45) is 0 Å². The number of hydrogen-bond donors (Lipinski definition) is 1. The van der Waals surface area contributed by atoms with Crippen LogP contribution in [0.1, 0.15) is 29.3 Å². The Balaban J connectivity index is 2.57. The number of aryl methyl sites for hydroxylation is 2. The van der Waals surface area contributed by atoms with Crippen LogP contribution in [0.3, 0.4) is 0 Å². The van der Waals surface area contributed by atoms with Gasteiger partial charge in [-0.05, 0) is 13.3 Å². The summed E-state index contributed by atoms with van der Waals surface area (Å²) >= 11 is 0. The number of hydrogen-bond acceptors (Lipinski definition) is 4. The number of rotatable bonds is 5. The molecule has 0 saturated heterocycles. The SMILES string of the molecule is CCCn1cc(C(=O)O)c(-c2ccc(C)c([N+](=O)[O-])c2)n1. The van der Waals surface area contributed by atoms with Gasteiger partial charge in [-0.25, -0.2) is 4.79 Å². The summed E-state index contributed by atoms with van der Waals surface area (Å²) in [6.07, 6.45) is 2.26. The highest BCUT2D eigenvalue weighted by molar-refractivity contribution is 5.94. The van der Waals surface area contributed by atoms with Crippen molar-refractivity contribution >= 4 is 11.7 Å². The number of aromatic nitrogens is 2. The fraction of sp³-hybridized carbons (Fsp3) is 0.286. The molecule has 1 aromatic heterocycles. The molecule has 0 fully saturated rings. The average molecular weight is 289 g/mol. The molecule has 0 radical (unpaired) electrons. The summed E-state index contributed by atoms with van der Waals surface area (Å²) in [5, 5.41) is 24.5. The largest absolute Gasteiger partial charge is 0.478 e. The van der Waals surface area contributed by atoms with Crippen LogP contribution in [0.25, 0.3) is 11.3 Å². The summed E-state index contributed by atoms with van der Waals surface area (Å²) in [5.74, 6) is -1.10. The fourth-order valence-electron chi connectivity index (χ4n) is 2.09. The Bertz CT molecular complexity index is 706. The predicted octanol–water partition coefficient (Wildman–Crippen LogP) is 2.87. The molecule has 1 N–H and O–H groups in total. The van der Waals surface area contributed by atoms with Crippen LogP contribution in [-0.2, 0) is 6.54 Å². The van der Waals surface area contributed by atoms with Crippen molar-refractivity contribution in [1.82, 2.24) is 9.78 Å². The summed E-state index contributed by atoms with van der Waals surface area (Å²) in [4.78, 5) is 21.8. The maximum atomic E-state index is 11.3. The lowest BCUT2D eigenvalue weighted by molar-refractivity contribution is -0.385. The number of nitro groups is 1. The second-order valence-corrected chi connectivity index (χ2v) is 4.72. The lowest BCUT2D eigenvalue weighted by Crippen LogP contribution is -1.98. The minimum Gasteiger partial charge on any atom is -0.478 e. The van der Waals surface area contributed by atoms with Crippen molar-refractivity contribution in [2.75, 3.05) is 0 Å². The number of carbonyl (C=O) groups is 1. The van der Waals surface area contributed by atoms with E-state index in [1.165, 1.54) is 12.3 Å². The molecule has 21 heavy (non-hydrogen) atoms. The third-order valence-corrected chi connectivity index (χ3v) is 3.12. The third kappa shape index (κ3) is 2.91. The van der Waals surface area contributed by atoms with Gasteiger partial charge in [0, 0.05) is 29.9 Å². The zero-order valence-corrected chi connectivity index (χ0v) is 11.7. The Labute approximate surface area is 121 Å². The minimum absolute atomic E-state index is 0.0431. The van der Waals surface area contributed by atoms with E-state index >= 15 is 0 Å². The predicted molar refractivity (Wildman–Crippen MR) is 76.3 cm³/mol. The topological polar surface area (TPSA) is 98.3 Å². The van der Waals surface area contributed by atoms with Gasteiger partial charge in [-0.15, -0.1) is 0 Å². The van der Waals surface area contributed by atoms with Crippen molar-refractivity contribution in [3.05, 3.63) is 45.6 Å². The van der Waals surface area contributed by atoms with Crippen molar-refractivity contribution in [1.29, 1.82) is 0 Å². The van der Waals surface area contributed by atoms with Gasteiger partial charge in [-0.2, -0.15) is 5.10 Å². The van der Waals surface area contributed by atoms with Gasteiger partial charge in [0.25, 0.3) is 5.69 Å². The lowest BCUT2D eigenvalue weighted by atomic mass is 10.0. The number of nitro benzene ring substituents is 1.